The first-order valence-electron chi connectivity index (χ1n) is 4.01. The van der Waals surface area contributed by atoms with Crippen LogP contribution < -0.4 is 11.3 Å². The summed E-state index contributed by atoms with van der Waals surface area (Å²) in [6.07, 6.45) is 2.44. The molecule has 0 saturated heterocycles. The van der Waals surface area contributed by atoms with Gasteiger partial charge in [0.1, 0.15) is 0 Å². The fourth-order valence-corrected chi connectivity index (χ4v) is 0.876. The summed E-state index contributed by atoms with van der Waals surface area (Å²) in [5.41, 5.74) is 5.58. The van der Waals surface area contributed by atoms with Gasteiger partial charge in [-0.15, -0.1) is 0 Å². The summed E-state index contributed by atoms with van der Waals surface area (Å²) in [6, 6.07) is 3.11. The number of rotatable bonds is 3. The Kier molecular flexibility index (Phi) is 2.99. The molecule has 1 aromatic rings. The predicted molar refractivity (Wildman–Crippen MR) is 46.8 cm³/mol. The highest BCUT2D eigenvalue weighted by atomic mass is 16.1. The molecule has 1 atom stereocenters. The fraction of sp³-hybridized carbons (Fsp3) is 0.500. The topological polar surface area (TPSA) is 60.9 Å². The highest BCUT2D eigenvalue weighted by Crippen LogP contribution is 1.87. The molecule has 0 aromatic carbocycles. The Balaban J connectivity index is 2.76. The second kappa shape index (κ2) is 4.01. The van der Waals surface area contributed by atoms with E-state index in [9.17, 15) is 4.79 Å². The summed E-state index contributed by atoms with van der Waals surface area (Å²) >= 11 is 0. The lowest BCUT2D eigenvalue weighted by atomic mass is 10.2. The SMILES string of the molecule is CCC(N)Cn1ncccc1=O. The van der Waals surface area contributed by atoms with Crippen molar-refractivity contribution in [1.82, 2.24) is 9.78 Å². The van der Waals surface area contributed by atoms with E-state index < -0.39 is 0 Å². The second-order valence-electron chi connectivity index (χ2n) is 2.71. The standard InChI is InChI=1S/C8H13N3O/c1-2-7(9)6-11-8(12)4-3-5-10-11/h3-5,7H,2,6,9H2,1H3. The maximum absolute atomic E-state index is 11.1. The molecule has 0 spiro atoms. The van der Waals surface area contributed by atoms with E-state index in [0.29, 0.717) is 6.54 Å². The summed E-state index contributed by atoms with van der Waals surface area (Å²) in [5.74, 6) is 0. The van der Waals surface area contributed by atoms with E-state index in [1.54, 1.807) is 12.3 Å². The first-order chi connectivity index (χ1) is 5.74. The van der Waals surface area contributed by atoms with Crippen molar-refractivity contribution in [2.24, 2.45) is 5.73 Å². The summed E-state index contributed by atoms with van der Waals surface area (Å²) in [5, 5.41) is 3.89. The van der Waals surface area contributed by atoms with E-state index in [0.717, 1.165) is 6.42 Å². The molecule has 1 rings (SSSR count). The Bertz CT molecular complexity index is 294. The van der Waals surface area contributed by atoms with Gasteiger partial charge in [-0.1, -0.05) is 6.92 Å². The summed E-state index contributed by atoms with van der Waals surface area (Å²) < 4.78 is 1.38. The molecule has 4 nitrogen and oxygen atoms in total. The van der Waals surface area contributed by atoms with Crippen molar-refractivity contribution in [1.29, 1.82) is 0 Å². The van der Waals surface area contributed by atoms with Crippen molar-refractivity contribution < 1.29 is 0 Å². The largest absolute Gasteiger partial charge is 0.326 e. The zero-order chi connectivity index (χ0) is 8.97. The lowest BCUT2D eigenvalue weighted by Gasteiger charge is -2.08. The van der Waals surface area contributed by atoms with Crippen LogP contribution in [0, 0.1) is 0 Å². The quantitative estimate of drug-likeness (QED) is 0.688. The lowest BCUT2D eigenvalue weighted by Crippen LogP contribution is -2.32. The molecular formula is C8H13N3O. The average Bonchev–Trinajstić information content (AvgIpc) is 2.09. The van der Waals surface area contributed by atoms with Gasteiger partial charge in [0, 0.05) is 18.3 Å². The Labute approximate surface area is 71.0 Å². The molecule has 0 aliphatic carbocycles. The van der Waals surface area contributed by atoms with Gasteiger partial charge in [0.05, 0.1) is 6.54 Å². The molecule has 66 valence electrons. The van der Waals surface area contributed by atoms with Crippen LogP contribution >= 0.6 is 0 Å². The highest BCUT2D eigenvalue weighted by Gasteiger charge is 2.01. The van der Waals surface area contributed by atoms with Crippen LogP contribution in [0.15, 0.2) is 23.1 Å². The number of nitrogens with two attached hydrogens (primary N) is 1. The van der Waals surface area contributed by atoms with Gasteiger partial charge in [-0.05, 0) is 12.5 Å². The van der Waals surface area contributed by atoms with E-state index in [2.05, 4.69) is 5.10 Å². The van der Waals surface area contributed by atoms with Gasteiger partial charge in [0.2, 0.25) is 0 Å². The van der Waals surface area contributed by atoms with Gasteiger partial charge >= 0.3 is 0 Å². The van der Waals surface area contributed by atoms with Crippen LogP contribution in [0.4, 0.5) is 0 Å². The third-order valence-corrected chi connectivity index (χ3v) is 1.72. The third-order valence-electron chi connectivity index (χ3n) is 1.72. The fourth-order valence-electron chi connectivity index (χ4n) is 0.876. The monoisotopic (exact) mass is 167 g/mol. The normalized spacial score (nSPS) is 12.8. The summed E-state index contributed by atoms with van der Waals surface area (Å²) in [7, 11) is 0. The van der Waals surface area contributed by atoms with Crippen molar-refractivity contribution in [3.8, 4) is 0 Å². The maximum atomic E-state index is 11.1. The van der Waals surface area contributed by atoms with Gasteiger partial charge in [0.15, 0.2) is 0 Å². The smallest absolute Gasteiger partial charge is 0.266 e. The van der Waals surface area contributed by atoms with Crippen molar-refractivity contribution in [2.45, 2.75) is 25.9 Å². The van der Waals surface area contributed by atoms with Crippen molar-refractivity contribution in [3.05, 3.63) is 28.7 Å². The van der Waals surface area contributed by atoms with E-state index >= 15 is 0 Å². The zero-order valence-corrected chi connectivity index (χ0v) is 7.10. The molecule has 2 N–H and O–H groups in total. The average molecular weight is 167 g/mol. The van der Waals surface area contributed by atoms with Crippen LogP contribution in [0.2, 0.25) is 0 Å². The highest BCUT2D eigenvalue weighted by molar-refractivity contribution is 4.85. The zero-order valence-electron chi connectivity index (χ0n) is 7.10. The first-order valence-corrected chi connectivity index (χ1v) is 4.01. The van der Waals surface area contributed by atoms with Crippen molar-refractivity contribution in [2.75, 3.05) is 0 Å². The first kappa shape index (κ1) is 8.93. The third kappa shape index (κ3) is 2.17. The minimum atomic E-state index is -0.0959. The van der Waals surface area contributed by atoms with Gasteiger partial charge in [-0.2, -0.15) is 5.10 Å². The lowest BCUT2D eigenvalue weighted by molar-refractivity contribution is 0.481. The molecule has 1 unspecified atom stereocenters. The Morgan fingerprint density at radius 2 is 2.50 bits per heavy atom. The molecule has 0 radical (unpaired) electrons. The Morgan fingerprint density at radius 1 is 1.75 bits per heavy atom. The van der Waals surface area contributed by atoms with Crippen LogP contribution in [0.3, 0.4) is 0 Å². The summed E-state index contributed by atoms with van der Waals surface area (Å²) in [4.78, 5) is 11.1. The van der Waals surface area contributed by atoms with E-state index in [1.165, 1.54) is 10.7 Å². The number of hydrogen-bond donors (Lipinski definition) is 1. The second-order valence-corrected chi connectivity index (χ2v) is 2.71. The van der Waals surface area contributed by atoms with Gasteiger partial charge in [-0.25, -0.2) is 4.68 Å². The van der Waals surface area contributed by atoms with Gasteiger partial charge in [-0.3, -0.25) is 4.79 Å². The van der Waals surface area contributed by atoms with Crippen LogP contribution in [0.5, 0.6) is 0 Å². The molecule has 0 fully saturated rings. The van der Waals surface area contributed by atoms with Crippen molar-refractivity contribution in [3.63, 3.8) is 0 Å². The number of nitrogens with zero attached hydrogens (tertiary/aromatic N) is 2. The number of hydrogen-bond acceptors (Lipinski definition) is 3. The molecule has 1 aromatic heterocycles. The van der Waals surface area contributed by atoms with Gasteiger partial charge < -0.3 is 5.73 Å². The van der Waals surface area contributed by atoms with Crippen LogP contribution in [-0.2, 0) is 6.54 Å². The summed E-state index contributed by atoms with van der Waals surface area (Å²) in [6.45, 7) is 2.48. The molecule has 0 amide bonds. The maximum Gasteiger partial charge on any atom is 0.266 e. The molecule has 0 aliphatic heterocycles. The Morgan fingerprint density at radius 3 is 3.08 bits per heavy atom. The van der Waals surface area contributed by atoms with Crippen LogP contribution in [0.25, 0.3) is 0 Å². The van der Waals surface area contributed by atoms with E-state index in [1.807, 2.05) is 6.92 Å². The molecule has 4 heteroatoms. The molecule has 12 heavy (non-hydrogen) atoms. The van der Waals surface area contributed by atoms with Crippen molar-refractivity contribution >= 4 is 0 Å². The van der Waals surface area contributed by atoms with E-state index in [4.69, 9.17) is 5.73 Å². The molecular weight excluding hydrogens is 154 g/mol. The van der Waals surface area contributed by atoms with Gasteiger partial charge in [0.25, 0.3) is 5.56 Å². The predicted octanol–water partition coefficient (Wildman–Crippen LogP) is -0.0194. The van der Waals surface area contributed by atoms with E-state index in [-0.39, 0.29) is 11.6 Å². The molecule has 0 aliphatic rings. The van der Waals surface area contributed by atoms with Crippen LogP contribution in [-0.4, -0.2) is 15.8 Å². The van der Waals surface area contributed by atoms with Crippen LogP contribution in [0.1, 0.15) is 13.3 Å². The molecule has 1 heterocycles. The Hall–Kier alpha value is -1.16. The minimum Gasteiger partial charge on any atom is -0.326 e. The number of aromatic nitrogens is 2. The minimum absolute atomic E-state index is 0.0117. The molecule has 0 saturated carbocycles. The molecule has 0 bridgehead atoms.